The molecular weight excluding hydrogens is 274 g/mol. The molecule has 116 valence electrons. The summed E-state index contributed by atoms with van der Waals surface area (Å²) in [5, 5.41) is 8.83. The topological polar surface area (TPSA) is 76.1 Å². The van der Waals surface area contributed by atoms with E-state index in [9.17, 15) is 9.59 Å². The standard InChI is InChI=1S/C15H21NO5/c1-4-16(10-14(17)18)15(19)11-7-8-12(20-5-2)13(9-11)21-6-3/h7-9H,4-6,10H2,1-3H3,(H,17,18). The van der Waals surface area contributed by atoms with Gasteiger partial charge in [-0.25, -0.2) is 0 Å². The van der Waals surface area contributed by atoms with Crippen molar-refractivity contribution >= 4 is 11.9 Å². The van der Waals surface area contributed by atoms with Crippen LogP contribution in [0, 0.1) is 0 Å². The van der Waals surface area contributed by atoms with E-state index in [1.807, 2.05) is 13.8 Å². The van der Waals surface area contributed by atoms with E-state index in [2.05, 4.69) is 0 Å². The Hall–Kier alpha value is -2.24. The van der Waals surface area contributed by atoms with Gasteiger partial charge < -0.3 is 19.5 Å². The normalized spacial score (nSPS) is 10.0. The first-order valence-corrected chi connectivity index (χ1v) is 6.94. The monoisotopic (exact) mass is 295 g/mol. The summed E-state index contributed by atoms with van der Waals surface area (Å²) < 4.78 is 10.9. The molecule has 1 rings (SSSR count). The fourth-order valence-corrected chi connectivity index (χ4v) is 1.86. The van der Waals surface area contributed by atoms with Crippen molar-refractivity contribution in [2.45, 2.75) is 20.8 Å². The van der Waals surface area contributed by atoms with Gasteiger partial charge in [-0.2, -0.15) is 0 Å². The lowest BCUT2D eigenvalue weighted by Crippen LogP contribution is -2.35. The van der Waals surface area contributed by atoms with Crippen LogP contribution in [0.5, 0.6) is 11.5 Å². The molecule has 1 aromatic carbocycles. The van der Waals surface area contributed by atoms with Gasteiger partial charge in [0.2, 0.25) is 0 Å². The van der Waals surface area contributed by atoms with Crippen molar-refractivity contribution < 1.29 is 24.2 Å². The van der Waals surface area contributed by atoms with Gasteiger partial charge in [0.25, 0.3) is 5.91 Å². The molecule has 6 heteroatoms. The number of carbonyl (C=O) groups excluding carboxylic acids is 1. The van der Waals surface area contributed by atoms with Crippen LogP contribution in [-0.4, -0.2) is 48.2 Å². The summed E-state index contributed by atoms with van der Waals surface area (Å²) in [4.78, 5) is 24.3. The molecular formula is C15H21NO5. The van der Waals surface area contributed by atoms with E-state index >= 15 is 0 Å². The quantitative estimate of drug-likeness (QED) is 0.794. The number of nitrogens with zero attached hydrogens (tertiary/aromatic N) is 1. The highest BCUT2D eigenvalue weighted by Crippen LogP contribution is 2.29. The second kappa shape index (κ2) is 8.14. The number of rotatable bonds is 8. The Morgan fingerprint density at radius 3 is 2.24 bits per heavy atom. The molecule has 0 unspecified atom stereocenters. The average molecular weight is 295 g/mol. The molecule has 0 atom stereocenters. The first-order valence-electron chi connectivity index (χ1n) is 6.94. The third-order valence-corrected chi connectivity index (χ3v) is 2.79. The molecule has 0 saturated carbocycles. The Kier molecular flexibility index (Phi) is 6.52. The largest absolute Gasteiger partial charge is 0.490 e. The highest BCUT2D eigenvalue weighted by atomic mass is 16.5. The number of aliphatic carboxylic acids is 1. The van der Waals surface area contributed by atoms with Crippen molar-refractivity contribution in [3.63, 3.8) is 0 Å². The number of carboxylic acid groups (broad SMARTS) is 1. The second-order valence-corrected chi connectivity index (χ2v) is 4.24. The zero-order chi connectivity index (χ0) is 15.8. The van der Waals surface area contributed by atoms with Crippen LogP contribution in [0.15, 0.2) is 18.2 Å². The molecule has 0 aliphatic rings. The highest BCUT2D eigenvalue weighted by molar-refractivity contribution is 5.96. The lowest BCUT2D eigenvalue weighted by molar-refractivity contribution is -0.137. The van der Waals surface area contributed by atoms with Gasteiger partial charge in [0, 0.05) is 12.1 Å². The molecule has 0 spiro atoms. The Bertz CT molecular complexity index is 501. The maximum absolute atomic E-state index is 12.3. The third kappa shape index (κ3) is 4.66. The lowest BCUT2D eigenvalue weighted by Gasteiger charge is -2.19. The maximum atomic E-state index is 12.3. The predicted octanol–water partition coefficient (Wildman–Crippen LogP) is 2.03. The Balaban J connectivity index is 3.03. The maximum Gasteiger partial charge on any atom is 0.323 e. The molecule has 1 aromatic rings. The summed E-state index contributed by atoms with van der Waals surface area (Å²) >= 11 is 0. The van der Waals surface area contributed by atoms with Crippen molar-refractivity contribution in [1.82, 2.24) is 4.90 Å². The number of hydrogen-bond donors (Lipinski definition) is 1. The number of amides is 1. The van der Waals surface area contributed by atoms with Gasteiger partial charge in [-0.05, 0) is 39.0 Å². The molecule has 1 amide bonds. The van der Waals surface area contributed by atoms with Gasteiger partial charge in [0.1, 0.15) is 6.54 Å². The minimum absolute atomic E-state index is 0.322. The number of carbonyl (C=O) groups is 2. The first kappa shape index (κ1) is 16.8. The van der Waals surface area contributed by atoms with Crippen molar-refractivity contribution in [3.8, 4) is 11.5 Å². The first-order chi connectivity index (χ1) is 10.0. The fourth-order valence-electron chi connectivity index (χ4n) is 1.86. The van der Waals surface area contributed by atoms with Gasteiger partial charge in [-0.1, -0.05) is 0 Å². The summed E-state index contributed by atoms with van der Waals surface area (Å²) in [7, 11) is 0. The van der Waals surface area contributed by atoms with Crippen molar-refractivity contribution in [3.05, 3.63) is 23.8 Å². The minimum atomic E-state index is -1.04. The van der Waals surface area contributed by atoms with E-state index in [1.54, 1.807) is 25.1 Å². The average Bonchev–Trinajstić information content (AvgIpc) is 2.46. The zero-order valence-electron chi connectivity index (χ0n) is 12.6. The number of carboxylic acids is 1. The van der Waals surface area contributed by atoms with E-state index in [0.29, 0.717) is 36.8 Å². The van der Waals surface area contributed by atoms with Crippen molar-refractivity contribution in [1.29, 1.82) is 0 Å². The Morgan fingerprint density at radius 2 is 1.71 bits per heavy atom. The molecule has 0 heterocycles. The number of ether oxygens (including phenoxy) is 2. The summed E-state index contributed by atoms with van der Waals surface area (Å²) in [6.07, 6.45) is 0. The van der Waals surface area contributed by atoms with E-state index in [0.717, 1.165) is 0 Å². The molecule has 0 bridgehead atoms. The molecule has 0 saturated heterocycles. The molecule has 6 nitrogen and oxygen atoms in total. The van der Waals surface area contributed by atoms with Crippen molar-refractivity contribution in [2.24, 2.45) is 0 Å². The predicted molar refractivity (Wildman–Crippen MR) is 78.0 cm³/mol. The van der Waals surface area contributed by atoms with Gasteiger partial charge in [0.15, 0.2) is 11.5 Å². The summed E-state index contributed by atoms with van der Waals surface area (Å²) in [6.45, 7) is 6.37. The van der Waals surface area contributed by atoms with Crippen LogP contribution in [0.3, 0.4) is 0 Å². The lowest BCUT2D eigenvalue weighted by atomic mass is 10.1. The molecule has 1 N–H and O–H groups in total. The van der Waals surface area contributed by atoms with Crippen LogP contribution in [0.2, 0.25) is 0 Å². The molecule has 0 aliphatic heterocycles. The van der Waals surface area contributed by atoms with Gasteiger partial charge in [-0.15, -0.1) is 0 Å². The molecule has 0 radical (unpaired) electrons. The second-order valence-electron chi connectivity index (χ2n) is 4.24. The van der Waals surface area contributed by atoms with Gasteiger partial charge >= 0.3 is 5.97 Å². The molecule has 0 aromatic heterocycles. The van der Waals surface area contributed by atoms with E-state index in [1.165, 1.54) is 4.90 Å². The van der Waals surface area contributed by atoms with Crippen LogP contribution in [0.25, 0.3) is 0 Å². The third-order valence-electron chi connectivity index (χ3n) is 2.79. The molecule has 0 aliphatic carbocycles. The van der Waals surface area contributed by atoms with Crippen LogP contribution in [-0.2, 0) is 4.79 Å². The van der Waals surface area contributed by atoms with Crippen LogP contribution in [0.4, 0.5) is 0 Å². The van der Waals surface area contributed by atoms with Crippen LogP contribution < -0.4 is 9.47 Å². The summed E-state index contributed by atoms with van der Waals surface area (Å²) in [5.74, 6) is -0.334. The van der Waals surface area contributed by atoms with Crippen LogP contribution >= 0.6 is 0 Å². The highest BCUT2D eigenvalue weighted by Gasteiger charge is 2.18. The Labute approximate surface area is 124 Å². The van der Waals surface area contributed by atoms with Gasteiger partial charge in [0.05, 0.1) is 13.2 Å². The SMILES string of the molecule is CCOc1ccc(C(=O)N(CC)CC(=O)O)cc1OCC. The minimum Gasteiger partial charge on any atom is -0.490 e. The fraction of sp³-hybridized carbons (Fsp3) is 0.467. The number of hydrogen-bond acceptors (Lipinski definition) is 4. The number of benzene rings is 1. The van der Waals surface area contributed by atoms with Gasteiger partial charge in [-0.3, -0.25) is 9.59 Å². The molecule has 0 fully saturated rings. The summed E-state index contributed by atoms with van der Waals surface area (Å²) in [6, 6.07) is 4.86. The van der Waals surface area contributed by atoms with Crippen LogP contribution in [0.1, 0.15) is 31.1 Å². The van der Waals surface area contributed by atoms with E-state index < -0.39 is 5.97 Å². The van der Waals surface area contributed by atoms with E-state index in [4.69, 9.17) is 14.6 Å². The number of likely N-dealkylation sites (N-methyl/N-ethyl adjacent to an activating group) is 1. The summed E-state index contributed by atoms with van der Waals surface area (Å²) in [5.41, 5.74) is 0.380. The Morgan fingerprint density at radius 1 is 1.10 bits per heavy atom. The zero-order valence-corrected chi connectivity index (χ0v) is 12.6. The smallest absolute Gasteiger partial charge is 0.323 e. The van der Waals surface area contributed by atoms with E-state index in [-0.39, 0.29) is 12.5 Å². The van der Waals surface area contributed by atoms with Crippen molar-refractivity contribution in [2.75, 3.05) is 26.3 Å². The molecule has 21 heavy (non-hydrogen) atoms.